The zero-order valence-corrected chi connectivity index (χ0v) is 25.5. The molecule has 0 aliphatic carbocycles. The van der Waals surface area contributed by atoms with Crippen LogP contribution in [0.25, 0.3) is 0 Å². The van der Waals surface area contributed by atoms with Gasteiger partial charge in [-0.25, -0.2) is 9.78 Å². The van der Waals surface area contributed by atoms with E-state index >= 15 is 0 Å². The van der Waals surface area contributed by atoms with Crippen LogP contribution in [-0.2, 0) is 32.2 Å². The minimum absolute atomic E-state index is 0.00470. The second kappa shape index (κ2) is 13.6. The first-order valence-corrected chi connectivity index (χ1v) is 14.8. The minimum Gasteiger partial charge on any atom is -0.460 e. The Morgan fingerprint density at radius 1 is 0.911 bits per heavy atom. The van der Waals surface area contributed by atoms with Crippen LogP contribution < -0.4 is 15.8 Å². The number of hydrogen-bond acceptors (Lipinski definition) is 7. The lowest BCUT2D eigenvalue weighted by Gasteiger charge is -2.23. The molecule has 2 atom stereocenters. The Labute approximate surface area is 261 Å². The number of carbonyl (C=O) groups excluding carboxylic acids is 3. The monoisotopic (exact) mass is 608 g/mol. The van der Waals surface area contributed by atoms with Crippen molar-refractivity contribution in [1.29, 1.82) is 0 Å². The molecule has 0 bridgehead atoms. The SMILES string of the molecule is CC(C)(C)OC(=O)C[C@H]1C[C@@H](C(=O)Nc2ccccc2)n2c1ncc(N(Cc1ccccc1)C(=O)OCc1ccccc1)c2=O. The highest BCUT2D eigenvalue weighted by atomic mass is 16.6. The molecule has 1 aliphatic rings. The van der Waals surface area contributed by atoms with Gasteiger partial charge in [-0.3, -0.25) is 23.9 Å². The summed E-state index contributed by atoms with van der Waals surface area (Å²) in [6, 6.07) is 26.3. The Morgan fingerprint density at radius 2 is 1.51 bits per heavy atom. The average Bonchev–Trinajstić information content (AvgIpc) is 3.38. The second-order valence-corrected chi connectivity index (χ2v) is 11.9. The summed E-state index contributed by atoms with van der Waals surface area (Å²) in [6.07, 6.45) is 0.669. The number of fused-ring (bicyclic) bond motifs is 1. The highest BCUT2D eigenvalue weighted by molar-refractivity contribution is 5.94. The Hall–Kier alpha value is -5.25. The largest absolute Gasteiger partial charge is 0.460 e. The van der Waals surface area contributed by atoms with Crippen LogP contribution in [0.4, 0.5) is 16.2 Å². The fourth-order valence-corrected chi connectivity index (χ4v) is 5.28. The normalized spacial score (nSPS) is 15.5. The standard InChI is InChI=1S/C35H36N4O6/c1-35(2,3)45-30(40)20-26-19-28(32(41)37-27-17-11-6-12-18-27)39-31(26)36-21-29(33(39)42)38(22-24-13-7-4-8-14-24)34(43)44-23-25-15-9-5-10-16-25/h4-18,21,26,28H,19-20,22-23H2,1-3H3,(H,37,41)/t26-,28+/m1/s1. The maximum absolute atomic E-state index is 14.3. The van der Waals surface area contributed by atoms with Crippen molar-refractivity contribution in [3.8, 4) is 0 Å². The predicted molar refractivity (Wildman–Crippen MR) is 170 cm³/mol. The topological polar surface area (TPSA) is 120 Å². The number of nitrogens with one attached hydrogen (secondary N) is 1. The fraction of sp³-hybridized carbons (Fsp3) is 0.286. The molecule has 0 unspecified atom stereocenters. The lowest BCUT2D eigenvalue weighted by atomic mass is 9.99. The van der Waals surface area contributed by atoms with E-state index in [1.807, 2.05) is 66.7 Å². The molecular weight excluding hydrogens is 572 g/mol. The number of aromatic nitrogens is 2. The van der Waals surface area contributed by atoms with E-state index in [9.17, 15) is 19.2 Å². The second-order valence-electron chi connectivity index (χ2n) is 11.9. The number of carbonyl (C=O) groups is 3. The number of para-hydroxylation sites is 1. The highest BCUT2D eigenvalue weighted by Crippen LogP contribution is 2.38. The molecule has 45 heavy (non-hydrogen) atoms. The van der Waals surface area contributed by atoms with E-state index < -0.39 is 41.1 Å². The van der Waals surface area contributed by atoms with Crippen molar-refractivity contribution < 1.29 is 23.9 Å². The smallest absolute Gasteiger partial charge is 0.415 e. The zero-order chi connectivity index (χ0) is 32.0. The Morgan fingerprint density at radius 3 is 2.13 bits per heavy atom. The summed E-state index contributed by atoms with van der Waals surface area (Å²) in [5.41, 5.74) is 0.780. The molecule has 2 heterocycles. The van der Waals surface area contributed by atoms with Gasteiger partial charge in [-0.1, -0.05) is 78.9 Å². The molecule has 0 spiro atoms. The van der Waals surface area contributed by atoms with Crippen LogP contribution in [0.1, 0.15) is 62.5 Å². The summed E-state index contributed by atoms with van der Waals surface area (Å²) in [5.74, 6) is -1.17. The molecule has 232 valence electrons. The quantitative estimate of drug-likeness (QED) is 0.232. The number of anilines is 2. The van der Waals surface area contributed by atoms with E-state index in [2.05, 4.69) is 10.3 Å². The molecule has 4 aromatic rings. The summed E-state index contributed by atoms with van der Waals surface area (Å²) in [4.78, 5) is 60.1. The van der Waals surface area contributed by atoms with E-state index in [1.165, 1.54) is 15.7 Å². The van der Waals surface area contributed by atoms with Crippen LogP contribution in [0, 0.1) is 0 Å². The van der Waals surface area contributed by atoms with Gasteiger partial charge < -0.3 is 14.8 Å². The van der Waals surface area contributed by atoms with Gasteiger partial charge in [0.2, 0.25) is 5.91 Å². The minimum atomic E-state index is -0.980. The molecule has 2 amide bonds. The highest BCUT2D eigenvalue weighted by Gasteiger charge is 2.40. The van der Waals surface area contributed by atoms with E-state index in [-0.39, 0.29) is 37.5 Å². The summed E-state index contributed by atoms with van der Waals surface area (Å²) >= 11 is 0. The van der Waals surface area contributed by atoms with E-state index in [0.717, 1.165) is 11.1 Å². The van der Waals surface area contributed by atoms with Gasteiger partial charge in [0.05, 0.1) is 19.2 Å². The number of esters is 1. The first-order chi connectivity index (χ1) is 21.6. The van der Waals surface area contributed by atoms with Crippen LogP contribution in [0.5, 0.6) is 0 Å². The zero-order valence-electron chi connectivity index (χ0n) is 25.5. The predicted octanol–water partition coefficient (Wildman–Crippen LogP) is 5.99. The van der Waals surface area contributed by atoms with Crippen LogP contribution in [0.15, 0.2) is 102 Å². The van der Waals surface area contributed by atoms with Gasteiger partial charge in [-0.15, -0.1) is 0 Å². The van der Waals surface area contributed by atoms with E-state index in [4.69, 9.17) is 9.47 Å². The maximum Gasteiger partial charge on any atom is 0.415 e. The van der Waals surface area contributed by atoms with Crippen LogP contribution in [-0.4, -0.2) is 33.1 Å². The summed E-state index contributed by atoms with van der Waals surface area (Å²) in [6.45, 7) is 5.36. The third-order valence-electron chi connectivity index (χ3n) is 7.27. The van der Waals surface area contributed by atoms with Crippen LogP contribution >= 0.6 is 0 Å². The molecule has 5 rings (SSSR count). The molecule has 0 fully saturated rings. The third kappa shape index (κ3) is 7.83. The summed E-state index contributed by atoms with van der Waals surface area (Å²) < 4.78 is 12.5. The maximum atomic E-state index is 14.3. The Kier molecular flexibility index (Phi) is 9.42. The molecule has 3 aromatic carbocycles. The molecule has 1 aromatic heterocycles. The van der Waals surface area contributed by atoms with Crippen molar-refractivity contribution in [1.82, 2.24) is 9.55 Å². The average molecular weight is 609 g/mol. The van der Waals surface area contributed by atoms with Gasteiger partial charge in [0.1, 0.15) is 29.8 Å². The van der Waals surface area contributed by atoms with Crippen molar-refractivity contribution in [2.24, 2.45) is 0 Å². The number of ether oxygens (including phenoxy) is 2. The van der Waals surface area contributed by atoms with Gasteiger partial charge in [-0.05, 0) is 50.5 Å². The number of rotatable bonds is 9. The Balaban J connectivity index is 1.51. The Bertz CT molecular complexity index is 1700. The van der Waals surface area contributed by atoms with Crippen LogP contribution in [0.2, 0.25) is 0 Å². The lowest BCUT2D eigenvalue weighted by Crippen LogP contribution is -2.39. The van der Waals surface area contributed by atoms with Crippen molar-refractivity contribution in [2.45, 2.75) is 64.3 Å². The van der Waals surface area contributed by atoms with Gasteiger partial charge in [-0.2, -0.15) is 0 Å². The van der Waals surface area contributed by atoms with Gasteiger partial charge >= 0.3 is 12.1 Å². The van der Waals surface area contributed by atoms with Crippen molar-refractivity contribution in [3.63, 3.8) is 0 Å². The van der Waals surface area contributed by atoms with Crippen molar-refractivity contribution in [3.05, 3.63) is 124 Å². The number of amides is 2. The summed E-state index contributed by atoms with van der Waals surface area (Å²) in [7, 11) is 0. The van der Waals surface area contributed by atoms with E-state index in [0.29, 0.717) is 5.69 Å². The molecule has 0 saturated carbocycles. The molecule has 10 heteroatoms. The lowest BCUT2D eigenvalue weighted by molar-refractivity contribution is -0.155. The number of benzene rings is 3. The molecule has 1 N–H and O–H groups in total. The van der Waals surface area contributed by atoms with E-state index in [1.54, 1.807) is 45.0 Å². The third-order valence-corrected chi connectivity index (χ3v) is 7.27. The van der Waals surface area contributed by atoms with Gasteiger partial charge in [0, 0.05) is 11.6 Å². The van der Waals surface area contributed by atoms with Gasteiger partial charge in [0.25, 0.3) is 5.56 Å². The molecule has 0 saturated heterocycles. The molecule has 10 nitrogen and oxygen atoms in total. The molecule has 1 aliphatic heterocycles. The first kappa shape index (κ1) is 31.2. The number of nitrogens with zero attached hydrogens (tertiary/aromatic N) is 3. The van der Waals surface area contributed by atoms with Crippen molar-refractivity contribution in [2.75, 3.05) is 10.2 Å². The first-order valence-electron chi connectivity index (χ1n) is 14.8. The van der Waals surface area contributed by atoms with Crippen molar-refractivity contribution >= 4 is 29.3 Å². The molecular formula is C35H36N4O6. The number of hydrogen-bond donors (Lipinski definition) is 1. The summed E-state index contributed by atoms with van der Waals surface area (Å²) in [5, 5.41) is 2.87. The fourth-order valence-electron chi connectivity index (χ4n) is 5.28. The van der Waals surface area contributed by atoms with Crippen LogP contribution in [0.3, 0.4) is 0 Å². The molecule has 0 radical (unpaired) electrons. The van der Waals surface area contributed by atoms with Gasteiger partial charge in [0.15, 0.2) is 0 Å².